The van der Waals surface area contributed by atoms with Gasteiger partial charge in [0.05, 0.1) is 0 Å². The highest BCUT2D eigenvalue weighted by Crippen LogP contribution is 2.26. The molecule has 0 bridgehead atoms. The Kier molecular flexibility index (Phi) is 3.37. The lowest BCUT2D eigenvalue weighted by Gasteiger charge is -2.28. The fraction of sp³-hybridized carbons (Fsp3) is 0.455. The molecule has 0 unspecified atom stereocenters. The van der Waals surface area contributed by atoms with E-state index in [0.29, 0.717) is 5.75 Å². The van der Waals surface area contributed by atoms with Crippen LogP contribution in [-0.2, 0) is 10.0 Å². The lowest BCUT2D eigenvalue weighted by molar-refractivity contribution is 0.138. The maximum atomic E-state index is 12.1. The lowest BCUT2D eigenvalue weighted by atomic mass is 10.2. The summed E-state index contributed by atoms with van der Waals surface area (Å²) in [6.07, 6.45) is 0.0634. The Morgan fingerprint density at radius 3 is 2.47 bits per heavy atom. The number of nitrogens with zero attached hydrogens (tertiary/aromatic N) is 1. The van der Waals surface area contributed by atoms with Crippen LogP contribution in [-0.4, -0.2) is 46.0 Å². The number of para-hydroxylation sites is 1. The molecule has 0 radical (unpaired) electrons. The van der Waals surface area contributed by atoms with Crippen molar-refractivity contribution in [3.8, 4) is 5.75 Å². The zero-order chi connectivity index (χ0) is 12.5. The smallest absolute Gasteiger partial charge is 0.246 e. The van der Waals surface area contributed by atoms with E-state index in [1.165, 1.54) is 18.4 Å². The van der Waals surface area contributed by atoms with Crippen molar-refractivity contribution in [2.75, 3.05) is 27.2 Å². The van der Waals surface area contributed by atoms with Crippen LogP contribution < -0.4 is 10.1 Å². The summed E-state index contributed by atoms with van der Waals surface area (Å²) in [7, 11) is -0.428. The summed E-state index contributed by atoms with van der Waals surface area (Å²) in [5.41, 5.74) is 0. The molecule has 1 fully saturated rings. The molecular formula is C11H16N2O3S. The molecule has 17 heavy (non-hydrogen) atoms. The Balaban J connectivity index is 2.33. The average molecular weight is 256 g/mol. The van der Waals surface area contributed by atoms with Crippen LogP contribution in [0.1, 0.15) is 0 Å². The highest BCUT2D eigenvalue weighted by Gasteiger charge is 2.25. The third-order valence-electron chi connectivity index (χ3n) is 2.65. The fourth-order valence-corrected chi connectivity index (χ4v) is 2.50. The Bertz CT molecular complexity index is 495. The van der Waals surface area contributed by atoms with E-state index in [1.807, 2.05) is 0 Å². The largest absolute Gasteiger partial charge is 0.486 e. The Morgan fingerprint density at radius 2 is 1.94 bits per heavy atom. The predicted octanol–water partition coefficient (Wildman–Crippen LogP) is 0.288. The van der Waals surface area contributed by atoms with Gasteiger partial charge in [0.15, 0.2) is 0 Å². The minimum absolute atomic E-state index is 0.0634. The molecule has 1 aromatic carbocycles. The number of ether oxygens (including phenoxy) is 1. The quantitative estimate of drug-likeness (QED) is 0.841. The summed E-state index contributed by atoms with van der Waals surface area (Å²) in [6, 6.07) is 6.73. The molecule has 0 saturated carbocycles. The minimum Gasteiger partial charge on any atom is -0.486 e. The van der Waals surface area contributed by atoms with Gasteiger partial charge in [0, 0.05) is 27.2 Å². The van der Waals surface area contributed by atoms with Crippen molar-refractivity contribution in [3.63, 3.8) is 0 Å². The van der Waals surface area contributed by atoms with E-state index >= 15 is 0 Å². The Labute approximate surface area is 101 Å². The van der Waals surface area contributed by atoms with Crippen molar-refractivity contribution in [1.82, 2.24) is 9.62 Å². The molecule has 1 heterocycles. The zero-order valence-electron chi connectivity index (χ0n) is 9.88. The minimum atomic E-state index is -3.45. The maximum Gasteiger partial charge on any atom is 0.246 e. The summed E-state index contributed by atoms with van der Waals surface area (Å²) in [6.45, 7) is 1.52. The van der Waals surface area contributed by atoms with Gasteiger partial charge >= 0.3 is 0 Å². The van der Waals surface area contributed by atoms with Gasteiger partial charge in [-0.2, -0.15) is 0 Å². The first-order chi connectivity index (χ1) is 8.01. The van der Waals surface area contributed by atoms with Gasteiger partial charge < -0.3 is 10.1 Å². The van der Waals surface area contributed by atoms with E-state index in [4.69, 9.17) is 4.74 Å². The molecule has 0 spiro atoms. The molecule has 1 N–H and O–H groups in total. The van der Waals surface area contributed by atoms with Crippen molar-refractivity contribution in [1.29, 1.82) is 0 Å². The van der Waals surface area contributed by atoms with Crippen molar-refractivity contribution < 1.29 is 13.2 Å². The van der Waals surface area contributed by atoms with Gasteiger partial charge in [0.2, 0.25) is 10.0 Å². The summed E-state index contributed by atoms with van der Waals surface area (Å²) >= 11 is 0. The number of rotatable bonds is 4. The molecule has 1 saturated heterocycles. The van der Waals surface area contributed by atoms with Crippen LogP contribution in [0.2, 0.25) is 0 Å². The molecule has 94 valence electrons. The number of benzene rings is 1. The number of hydrogen-bond acceptors (Lipinski definition) is 4. The standard InChI is InChI=1S/C11H16N2O3S/c1-13(2)17(14,15)11-6-4-3-5-10(11)16-9-7-12-8-9/h3-6,9,12H,7-8H2,1-2H3. The van der Waals surface area contributed by atoms with Gasteiger partial charge in [-0.15, -0.1) is 0 Å². The Morgan fingerprint density at radius 1 is 1.29 bits per heavy atom. The third kappa shape index (κ3) is 2.43. The number of nitrogens with one attached hydrogen (secondary N) is 1. The second-order valence-corrected chi connectivity index (χ2v) is 6.25. The SMILES string of the molecule is CN(C)S(=O)(=O)c1ccccc1OC1CNC1. The molecule has 0 amide bonds. The predicted molar refractivity (Wildman–Crippen MR) is 64.6 cm³/mol. The first kappa shape index (κ1) is 12.3. The van der Waals surface area contributed by atoms with E-state index in [1.54, 1.807) is 24.3 Å². The second kappa shape index (κ2) is 4.64. The normalized spacial score (nSPS) is 16.9. The van der Waals surface area contributed by atoms with Crippen LogP contribution in [0.25, 0.3) is 0 Å². The van der Waals surface area contributed by atoms with Crippen LogP contribution in [0, 0.1) is 0 Å². The van der Waals surface area contributed by atoms with Crippen molar-refractivity contribution in [3.05, 3.63) is 24.3 Å². The summed E-state index contributed by atoms with van der Waals surface area (Å²) in [5.74, 6) is 0.424. The molecule has 0 atom stereocenters. The molecule has 1 aliphatic rings. The topological polar surface area (TPSA) is 58.6 Å². The van der Waals surface area contributed by atoms with Crippen LogP contribution in [0.15, 0.2) is 29.2 Å². The fourth-order valence-electron chi connectivity index (χ4n) is 1.48. The molecule has 0 aliphatic carbocycles. The molecule has 0 aromatic heterocycles. The van der Waals surface area contributed by atoms with Gasteiger partial charge in [-0.3, -0.25) is 0 Å². The van der Waals surface area contributed by atoms with Crippen molar-refractivity contribution in [2.24, 2.45) is 0 Å². The van der Waals surface area contributed by atoms with E-state index in [9.17, 15) is 8.42 Å². The number of hydrogen-bond donors (Lipinski definition) is 1. The van der Waals surface area contributed by atoms with Gasteiger partial charge in [0.1, 0.15) is 16.7 Å². The monoisotopic (exact) mass is 256 g/mol. The van der Waals surface area contributed by atoms with E-state index in [2.05, 4.69) is 5.32 Å². The first-order valence-electron chi connectivity index (χ1n) is 5.41. The number of sulfonamides is 1. The van der Waals surface area contributed by atoms with Gasteiger partial charge in [-0.25, -0.2) is 12.7 Å². The highest BCUT2D eigenvalue weighted by atomic mass is 32.2. The summed E-state index contributed by atoms with van der Waals surface area (Å²) < 4.78 is 31.0. The maximum absolute atomic E-state index is 12.1. The van der Waals surface area contributed by atoms with Crippen LogP contribution >= 0.6 is 0 Å². The molecule has 6 heteroatoms. The molecule has 2 rings (SSSR count). The van der Waals surface area contributed by atoms with Gasteiger partial charge in [-0.1, -0.05) is 12.1 Å². The van der Waals surface area contributed by atoms with Crippen molar-refractivity contribution >= 4 is 10.0 Å². The molecule has 1 aromatic rings. The first-order valence-corrected chi connectivity index (χ1v) is 6.85. The van der Waals surface area contributed by atoms with Crippen molar-refractivity contribution in [2.45, 2.75) is 11.0 Å². The lowest BCUT2D eigenvalue weighted by Crippen LogP contribution is -2.50. The second-order valence-electron chi connectivity index (χ2n) is 4.13. The highest BCUT2D eigenvalue weighted by molar-refractivity contribution is 7.89. The van der Waals surface area contributed by atoms with E-state index < -0.39 is 10.0 Å². The molecule has 1 aliphatic heterocycles. The Hall–Kier alpha value is -1.11. The van der Waals surface area contributed by atoms with Crippen LogP contribution in [0.3, 0.4) is 0 Å². The van der Waals surface area contributed by atoms with Gasteiger partial charge in [0.25, 0.3) is 0 Å². The van der Waals surface area contributed by atoms with Gasteiger partial charge in [-0.05, 0) is 12.1 Å². The average Bonchev–Trinajstić information content (AvgIpc) is 2.23. The summed E-state index contributed by atoms with van der Waals surface area (Å²) in [4.78, 5) is 0.219. The molecule has 5 nitrogen and oxygen atoms in total. The summed E-state index contributed by atoms with van der Waals surface area (Å²) in [5, 5.41) is 3.08. The zero-order valence-corrected chi connectivity index (χ0v) is 10.7. The van der Waals surface area contributed by atoms with Crippen LogP contribution in [0.5, 0.6) is 5.75 Å². The van der Waals surface area contributed by atoms with E-state index in [0.717, 1.165) is 13.1 Å². The third-order valence-corrected chi connectivity index (χ3v) is 4.50. The van der Waals surface area contributed by atoms with Crippen LogP contribution in [0.4, 0.5) is 0 Å². The molecular weight excluding hydrogens is 240 g/mol. The van der Waals surface area contributed by atoms with E-state index in [-0.39, 0.29) is 11.0 Å².